The summed E-state index contributed by atoms with van der Waals surface area (Å²) in [5.74, 6) is -0.273. The van der Waals surface area contributed by atoms with E-state index in [2.05, 4.69) is 9.50 Å². The quantitative estimate of drug-likeness (QED) is 0.475. The number of hydrazone groups is 1. The van der Waals surface area contributed by atoms with Gasteiger partial charge in [-0.3, -0.25) is 0 Å². The Kier molecular flexibility index (Phi) is 5.80. The normalized spacial score (nSPS) is 17.0. The fraction of sp³-hybridized carbons (Fsp3) is 0.130. The summed E-state index contributed by atoms with van der Waals surface area (Å²) in [6, 6.07) is 23.9. The molecule has 0 aromatic heterocycles. The van der Waals surface area contributed by atoms with Gasteiger partial charge in [-0.25, -0.2) is 5.01 Å². The van der Waals surface area contributed by atoms with Gasteiger partial charge in [0.15, 0.2) is 0 Å². The highest BCUT2D eigenvalue weighted by atomic mass is 35.5. The number of hydrogen-bond donors (Lipinski definition) is 1. The van der Waals surface area contributed by atoms with Crippen molar-refractivity contribution < 1.29 is 8.42 Å². The van der Waals surface area contributed by atoms with Crippen molar-refractivity contribution in [2.75, 3.05) is 6.54 Å². The zero-order valence-corrected chi connectivity index (χ0v) is 18.4. The van der Waals surface area contributed by atoms with E-state index in [4.69, 9.17) is 17.3 Å². The Hall–Kier alpha value is -3.16. The smallest absolute Gasteiger partial charge is 0.285 e. The first-order chi connectivity index (χ1) is 14.8. The summed E-state index contributed by atoms with van der Waals surface area (Å²) in [6.07, 6.45) is 0. The zero-order chi connectivity index (χ0) is 22.0. The minimum Gasteiger partial charge on any atom is -0.367 e. The number of hydrogen-bond acceptors (Lipinski definition) is 3. The lowest BCUT2D eigenvalue weighted by molar-refractivity contribution is 0.470. The van der Waals surface area contributed by atoms with E-state index in [9.17, 15) is 8.42 Å². The molecule has 3 aromatic carbocycles. The summed E-state index contributed by atoms with van der Waals surface area (Å²) >= 11 is 6.04. The Morgan fingerprint density at radius 1 is 1.03 bits per heavy atom. The van der Waals surface area contributed by atoms with Gasteiger partial charge in [0.1, 0.15) is 0 Å². The maximum Gasteiger partial charge on any atom is 0.285 e. The molecule has 0 saturated heterocycles. The molecule has 0 spiro atoms. The van der Waals surface area contributed by atoms with Crippen LogP contribution in [-0.4, -0.2) is 31.6 Å². The summed E-state index contributed by atoms with van der Waals surface area (Å²) in [5.41, 5.74) is 9.44. The molecule has 31 heavy (non-hydrogen) atoms. The van der Waals surface area contributed by atoms with Crippen molar-refractivity contribution >= 4 is 33.3 Å². The zero-order valence-electron chi connectivity index (χ0n) is 16.8. The van der Waals surface area contributed by atoms with Crippen LogP contribution in [0.2, 0.25) is 5.02 Å². The van der Waals surface area contributed by atoms with Crippen molar-refractivity contribution in [1.29, 1.82) is 0 Å². The maximum absolute atomic E-state index is 12.8. The van der Waals surface area contributed by atoms with Crippen molar-refractivity contribution in [2.24, 2.45) is 15.2 Å². The standard InChI is InChI=1S/C23H21ClN4O2S/c1-16-7-5-6-10-21(16)31(29,30)27-23(25)28-15-20(17-8-3-2-4-9-17)22(26-28)18-11-13-19(24)14-12-18/h2-14,20H,15H2,1H3,(H2,25,27). The number of halogens is 1. The summed E-state index contributed by atoms with van der Waals surface area (Å²) in [5, 5.41) is 6.70. The summed E-state index contributed by atoms with van der Waals surface area (Å²) in [4.78, 5) is 0.124. The molecule has 0 bridgehead atoms. The van der Waals surface area contributed by atoms with Crippen molar-refractivity contribution in [3.8, 4) is 0 Å². The molecule has 1 aliphatic heterocycles. The van der Waals surface area contributed by atoms with Crippen LogP contribution in [0.5, 0.6) is 0 Å². The Labute approximate surface area is 186 Å². The molecular formula is C23H21ClN4O2S. The Bertz CT molecular complexity index is 1260. The predicted molar refractivity (Wildman–Crippen MR) is 124 cm³/mol. The van der Waals surface area contributed by atoms with Gasteiger partial charge in [0, 0.05) is 10.9 Å². The molecule has 0 aliphatic carbocycles. The molecule has 8 heteroatoms. The van der Waals surface area contributed by atoms with Gasteiger partial charge >= 0.3 is 0 Å². The molecule has 1 aliphatic rings. The highest BCUT2D eigenvalue weighted by Crippen LogP contribution is 2.29. The number of nitrogens with two attached hydrogens (primary N) is 1. The van der Waals surface area contributed by atoms with E-state index in [0.717, 1.165) is 16.8 Å². The fourth-order valence-corrected chi connectivity index (χ4v) is 4.83. The van der Waals surface area contributed by atoms with Crippen LogP contribution >= 0.6 is 11.6 Å². The average molecular weight is 453 g/mol. The Morgan fingerprint density at radius 3 is 2.35 bits per heavy atom. The van der Waals surface area contributed by atoms with Crippen molar-refractivity contribution in [3.05, 3.63) is 101 Å². The number of rotatable bonds is 4. The SMILES string of the molecule is Cc1ccccc1S(=O)(=O)N=C(N)N1CC(c2ccccc2)C(c2ccc(Cl)cc2)=N1. The lowest BCUT2D eigenvalue weighted by atomic mass is 9.91. The lowest BCUT2D eigenvalue weighted by Crippen LogP contribution is -2.33. The first-order valence-electron chi connectivity index (χ1n) is 9.68. The van der Waals surface area contributed by atoms with Crippen LogP contribution in [0.15, 0.2) is 93.3 Å². The van der Waals surface area contributed by atoms with Crippen LogP contribution in [0.1, 0.15) is 22.6 Å². The second kappa shape index (κ2) is 8.53. The van der Waals surface area contributed by atoms with Crippen molar-refractivity contribution in [2.45, 2.75) is 17.7 Å². The first kappa shape index (κ1) is 21.1. The largest absolute Gasteiger partial charge is 0.367 e. The van der Waals surface area contributed by atoms with E-state index in [1.54, 1.807) is 37.3 Å². The third kappa shape index (κ3) is 4.47. The third-order valence-electron chi connectivity index (χ3n) is 5.11. The minimum atomic E-state index is -3.96. The number of aryl methyl sites for hydroxylation is 1. The van der Waals surface area contributed by atoms with E-state index in [1.807, 2.05) is 42.5 Å². The lowest BCUT2D eigenvalue weighted by Gasteiger charge is -2.16. The van der Waals surface area contributed by atoms with E-state index < -0.39 is 10.0 Å². The van der Waals surface area contributed by atoms with Crippen LogP contribution in [-0.2, 0) is 10.0 Å². The van der Waals surface area contributed by atoms with Gasteiger partial charge in [-0.1, -0.05) is 72.3 Å². The second-order valence-corrected chi connectivity index (χ2v) is 9.24. The molecule has 1 atom stereocenters. The molecular weight excluding hydrogens is 432 g/mol. The summed E-state index contributed by atoms with van der Waals surface area (Å²) < 4.78 is 29.5. The van der Waals surface area contributed by atoms with Crippen molar-refractivity contribution in [1.82, 2.24) is 5.01 Å². The van der Waals surface area contributed by atoms with Gasteiger partial charge in [0.25, 0.3) is 10.0 Å². The number of sulfonamides is 1. The Balaban J connectivity index is 1.72. The van der Waals surface area contributed by atoms with Crippen LogP contribution in [0.25, 0.3) is 0 Å². The molecule has 3 aromatic rings. The minimum absolute atomic E-state index is 0.0997. The van der Waals surface area contributed by atoms with E-state index in [0.29, 0.717) is 17.1 Å². The highest BCUT2D eigenvalue weighted by Gasteiger charge is 2.31. The molecule has 6 nitrogen and oxygen atoms in total. The summed E-state index contributed by atoms with van der Waals surface area (Å²) in [7, 11) is -3.96. The molecule has 1 unspecified atom stereocenters. The molecule has 158 valence electrons. The van der Waals surface area contributed by atoms with E-state index in [1.165, 1.54) is 11.1 Å². The van der Waals surface area contributed by atoms with E-state index in [-0.39, 0.29) is 16.8 Å². The second-order valence-electron chi connectivity index (χ2n) is 7.23. The molecule has 2 N–H and O–H groups in total. The van der Waals surface area contributed by atoms with Crippen LogP contribution in [0.4, 0.5) is 0 Å². The van der Waals surface area contributed by atoms with Crippen LogP contribution in [0.3, 0.4) is 0 Å². The number of nitrogens with zero attached hydrogens (tertiary/aromatic N) is 3. The van der Waals surface area contributed by atoms with Crippen LogP contribution < -0.4 is 5.73 Å². The monoisotopic (exact) mass is 452 g/mol. The third-order valence-corrected chi connectivity index (χ3v) is 6.80. The molecule has 0 radical (unpaired) electrons. The first-order valence-corrected chi connectivity index (χ1v) is 11.5. The molecule has 4 rings (SSSR count). The van der Waals surface area contributed by atoms with E-state index >= 15 is 0 Å². The molecule has 0 saturated carbocycles. The van der Waals surface area contributed by atoms with Gasteiger partial charge in [0.05, 0.1) is 17.2 Å². The van der Waals surface area contributed by atoms with Crippen LogP contribution in [0, 0.1) is 6.92 Å². The summed E-state index contributed by atoms with van der Waals surface area (Å²) in [6.45, 7) is 2.09. The molecule has 0 fully saturated rings. The van der Waals surface area contributed by atoms with Crippen molar-refractivity contribution in [3.63, 3.8) is 0 Å². The van der Waals surface area contributed by atoms with Gasteiger partial charge in [0.2, 0.25) is 5.96 Å². The topological polar surface area (TPSA) is 88.1 Å². The predicted octanol–water partition coefficient (Wildman–Crippen LogP) is 4.16. The Morgan fingerprint density at radius 2 is 1.68 bits per heavy atom. The average Bonchev–Trinajstić information content (AvgIpc) is 3.20. The molecule has 1 heterocycles. The van der Waals surface area contributed by atoms with Gasteiger partial charge < -0.3 is 5.73 Å². The number of guanidine groups is 1. The highest BCUT2D eigenvalue weighted by molar-refractivity contribution is 7.90. The van der Waals surface area contributed by atoms with Gasteiger partial charge in [-0.15, -0.1) is 4.40 Å². The van der Waals surface area contributed by atoms with Gasteiger partial charge in [-0.2, -0.15) is 13.5 Å². The molecule has 0 amide bonds. The maximum atomic E-state index is 12.8. The fourth-order valence-electron chi connectivity index (χ4n) is 3.54. The van der Waals surface area contributed by atoms with Gasteiger partial charge in [-0.05, 0) is 41.8 Å². The number of benzene rings is 3.